The Hall–Kier alpha value is -2.42. The second-order valence-corrected chi connectivity index (χ2v) is 5.95. The monoisotopic (exact) mass is 409 g/mol. The molecule has 1 N–H and O–H groups in total. The predicted octanol–water partition coefficient (Wildman–Crippen LogP) is 1.63. The number of hydrogen-bond acceptors (Lipinski definition) is 5. The molecule has 0 bridgehead atoms. The van der Waals surface area contributed by atoms with E-state index >= 15 is 0 Å². The molecule has 0 aromatic carbocycles. The lowest BCUT2D eigenvalue weighted by Gasteiger charge is -2.35. The van der Waals surface area contributed by atoms with Crippen molar-refractivity contribution < 1.29 is 4.79 Å². The molecule has 0 radical (unpaired) electrons. The molecule has 1 aliphatic rings. The van der Waals surface area contributed by atoms with Crippen LogP contribution < -0.4 is 5.32 Å². The molecule has 0 aliphatic carbocycles. The fraction of sp³-hybridized carbons (Fsp3) is 0.294. The maximum Gasteiger partial charge on any atom is 0.273 e. The van der Waals surface area contributed by atoms with Gasteiger partial charge in [0, 0.05) is 51.5 Å². The number of aromatic nitrogens is 5. The first kappa shape index (κ1) is 20.9. The van der Waals surface area contributed by atoms with Gasteiger partial charge < -0.3 is 14.8 Å². The molecular weight excluding hydrogens is 389 g/mol. The third-order valence-electron chi connectivity index (χ3n) is 4.35. The van der Waals surface area contributed by atoms with Crippen LogP contribution in [-0.2, 0) is 7.05 Å². The van der Waals surface area contributed by atoms with Gasteiger partial charge in [-0.2, -0.15) is 5.10 Å². The average Bonchev–Trinajstić information content (AvgIpc) is 3.33. The highest BCUT2D eigenvalue weighted by Crippen LogP contribution is 2.22. The van der Waals surface area contributed by atoms with Gasteiger partial charge in [0.1, 0.15) is 17.6 Å². The zero-order valence-electron chi connectivity index (χ0n) is 14.7. The van der Waals surface area contributed by atoms with Crippen LogP contribution in [0.15, 0.2) is 49.1 Å². The molecule has 8 nitrogen and oxygen atoms in total. The molecule has 1 atom stereocenters. The van der Waals surface area contributed by atoms with E-state index in [1.165, 1.54) is 0 Å². The first-order chi connectivity index (χ1) is 12.2. The summed E-state index contributed by atoms with van der Waals surface area (Å²) in [6.07, 6.45) is 7.13. The van der Waals surface area contributed by atoms with Gasteiger partial charge in [0.15, 0.2) is 5.82 Å². The van der Waals surface area contributed by atoms with E-state index in [9.17, 15) is 4.79 Å². The van der Waals surface area contributed by atoms with Crippen LogP contribution in [0.2, 0.25) is 0 Å². The van der Waals surface area contributed by atoms with Gasteiger partial charge >= 0.3 is 0 Å². The van der Waals surface area contributed by atoms with E-state index in [0.29, 0.717) is 24.6 Å². The van der Waals surface area contributed by atoms with Crippen molar-refractivity contribution in [1.29, 1.82) is 0 Å². The second kappa shape index (κ2) is 8.98. The molecular formula is C17H21Cl2N7O. The summed E-state index contributed by atoms with van der Waals surface area (Å²) < 4.78 is 3.59. The third kappa shape index (κ3) is 4.13. The molecule has 27 heavy (non-hydrogen) atoms. The van der Waals surface area contributed by atoms with Crippen LogP contribution in [0.25, 0.3) is 5.82 Å². The number of hydrogen-bond donors (Lipinski definition) is 1. The first-order valence-electron chi connectivity index (χ1n) is 8.20. The SMILES string of the molecule is Cl.Cl.Cn1ccnc1C1CNCCN1C(=O)c1cccc(-n2cccn2)n1. The van der Waals surface area contributed by atoms with Gasteiger partial charge in [-0.1, -0.05) is 6.07 Å². The summed E-state index contributed by atoms with van der Waals surface area (Å²) in [7, 11) is 1.94. The normalized spacial score (nSPS) is 16.3. The van der Waals surface area contributed by atoms with Crippen molar-refractivity contribution in [2.75, 3.05) is 19.6 Å². The number of nitrogens with zero attached hydrogens (tertiary/aromatic N) is 6. The summed E-state index contributed by atoms with van der Waals surface area (Å²) >= 11 is 0. The smallest absolute Gasteiger partial charge is 0.273 e. The lowest BCUT2D eigenvalue weighted by Crippen LogP contribution is -2.49. The Morgan fingerprint density at radius 1 is 1.19 bits per heavy atom. The molecule has 144 valence electrons. The predicted molar refractivity (Wildman–Crippen MR) is 106 cm³/mol. The Morgan fingerprint density at radius 3 is 2.74 bits per heavy atom. The highest BCUT2D eigenvalue weighted by molar-refractivity contribution is 5.92. The molecule has 1 fully saturated rings. The van der Waals surface area contributed by atoms with Gasteiger partial charge in [-0.05, 0) is 18.2 Å². The summed E-state index contributed by atoms with van der Waals surface area (Å²) in [6, 6.07) is 7.11. The number of halogens is 2. The first-order valence-corrected chi connectivity index (χ1v) is 8.20. The summed E-state index contributed by atoms with van der Waals surface area (Å²) in [5.41, 5.74) is 0.411. The number of carbonyl (C=O) groups is 1. The molecule has 0 saturated carbocycles. The van der Waals surface area contributed by atoms with Crippen molar-refractivity contribution in [3.8, 4) is 5.82 Å². The number of carbonyl (C=O) groups excluding carboxylic acids is 1. The van der Waals surface area contributed by atoms with E-state index in [0.717, 1.165) is 12.4 Å². The van der Waals surface area contributed by atoms with E-state index in [4.69, 9.17) is 0 Å². The zero-order chi connectivity index (χ0) is 17.2. The molecule has 10 heteroatoms. The van der Waals surface area contributed by atoms with Crippen LogP contribution in [0.1, 0.15) is 22.4 Å². The van der Waals surface area contributed by atoms with Crippen molar-refractivity contribution in [1.82, 2.24) is 34.5 Å². The molecule has 3 aromatic rings. The van der Waals surface area contributed by atoms with Crippen molar-refractivity contribution in [2.24, 2.45) is 7.05 Å². The maximum atomic E-state index is 13.1. The number of nitrogens with one attached hydrogen (secondary N) is 1. The lowest BCUT2D eigenvalue weighted by molar-refractivity contribution is 0.0614. The van der Waals surface area contributed by atoms with E-state index in [1.54, 1.807) is 29.3 Å². The average molecular weight is 410 g/mol. The van der Waals surface area contributed by atoms with Crippen LogP contribution in [-0.4, -0.2) is 54.8 Å². The number of rotatable bonds is 3. The van der Waals surface area contributed by atoms with Crippen molar-refractivity contribution in [2.45, 2.75) is 6.04 Å². The van der Waals surface area contributed by atoms with Gasteiger partial charge in [0.25, 0.3) is 5.91 Å². The summed E-state index contributed by atoms with van der Waals surface area (Å²) in [5, 5.41) is 7.51. The van der Waals surface area contributed by atoms with Gasteiger partial charge in [-0.25, -0.2) is 14.6 Å². The van der Waals surface area contributed by atoms with Gasteiger partial charge in [-0.3, -0.25) is 4.79 Å². The van der Waals surface area contributed by atoms with Crippen LogP contribution >= 0.6 is 24.8 Å². The van der Waals surface area contributed by atoms with E-state index in [1.807, 2.05) is 40.9 Å². The summed E-state index contributed by atoms with van der Waals surface area (Å²) in [6.45, 7) is 2.05. The summed E-state index contributed by atoms with van der Waals surface area (Å²) in [5.74, 6) is 1.40. The van der Waals surface area contributed by atoms with E-state index < -0.39 is 0 Å². The molecule has 1 aliphatic heterocycles. The van der Waals surface area contributed by atoms with Crippen LogP contribution in [0, 0.1) is 0 Å². The maximum absolute atomic E-state index is 13.1. The Morgan fingerprint density at radius 2 is 2.04 bits per heavy atom. The minimum atomic E-state index is -0.114. The third-order valence-corrected chi connectivity index (χ3v) is 4.35. The Bertz CT molecular complexity index is 881. The zero-order valence-corrected chi connectivity index (χ0v) is 16.4. The minimum Gasteiger partial charge on any atom is -0.336 e. The number of imidazole rings is 1. The highest BCUT2D eigenvalue weighted by atomic mass is 35.5. The Balaban J connectivity index is 0.00000131. The number of piperazine rings is 1. The minimum absolute atomic E-state index is 0. The van der Waals surface area contributed by atoms with Crippen LogP contribution in [0.4, 0.5) is 0 Å². The number of amides is 1. The number of pyridine rings is 1. The fourth-order valence-electron chi connectivity index (χ4n) is 3.10. The van der Waals surface area contributed by atoms with Crippen LogP contribution in [0.3, 0.4) is 0 Å². The molecule has 1 amide bonds. The van der Waals surface area contributed by atoms with Crippen molar-refractivity contribution >= 4 is 30.7 Å². The topological polar surface area (TPSA) is 80.9 Å². The van der Waals surface area contributed by atoms with Crippen molar-refractivity contribution in [3.05, 3.63) is 60.6 Å². The lowest BCUT2D eigenvalue weighted by atomic mass is 10.1. The highest BCUT2D eigenvalue weighted by Gasteiger charge is 2.31. The quantitative estimate of drug-likeness (QED) is 0.710. The van der Waals surface area contributed by atoms with Gasteiger partial charge in [0.2, 0.25) is 0 Å². The standard InChI is InChI=1S/C17H19N7O.2ClH/c1-22-10-8-19-16(22)14-12-18-7-11-23(14)17(25)13-4-2-5-15(21-13)24-9-3-6-20-24;;/h2-6,8-10,14,18H,7,11-12H2,1H3;2*1H. The molecule has 3 aromatic heterocycles. The molecule has 1 unspecified atom stereocenters. The second-order valence-electron chi connectivity index (χ2n) is 5.95. The summed E-state index contributed by atoms with van der Waals surface area (Å²) in [4.78, 5) is 23.9. The van der Waals surface area contributed by atoms with Gasteiger partial charge in [0.05, 0.1) is 0 Å². The number of aryl methyl sites for hydroxylation is 1. The van der Waals surface area contributed by atoms with Crippen LogP contribution in [0.5, 0.6) is 0 Å². The van der Waals surface area contributed by atoms with E-state index in [2.05, 4.69) is 20.4 Å². The van der Waals surface area contributed by atoms with Gasteiger partial charge in [-0.15, -0.1) is 24.8 Å². The Kier molecular flexibility index (Phi) is 6.95. The molecule has 1 saturated heterocycles. The molecule has 0 spiro atoms. The fourth-order valence-corrected chi connectivity index (χ4v) is 3.10. The molecule has 4 rings (SSSR count). The van der Waals surface area contributed by atoms with Crippen molar-refractivity contribution in [3.63, 3.8) is 0 Å². The Labute approximate surface area is 169 Å². The largest absolute Gasteiger partial charge is 0.336 e. The van der Waals surface area contributed by atoms with E-state index in [-0.39, 0.29) is 36.8 Å². The molecule has 4 heterocycles.